The highest BCUT2D eigenvalue weighted by molar-refractivity contribution is 6.30. The Balaban J connectivity index is 1.71. The molecule has 0 saturated carbocycles. The van der Waals surface area contributed by atoms with Gasteiger partial charge in [-0.05, 0) is 62.4 Å². The maximum Gasteiger partial charge on any atom is 0.123 e. The second-order valence-corrected chi connectivity index (χ2v) is 6.99. The van der Waals surface area contributed by atoms with Gasteiger partial charge in [-0.15, -0.1) is 0 Å². The molecule has 4 heteroatoms. The van der Waals surface area contributed by atoms with Crippen LogP contribution in [0.4, 0.5) is 0 Å². The second kappa shape index (κ2) is 6.55. The highest BCUT2D eigenvalue weighted by Crippen LogP contribution is 2.37. The zero-order valence-electron chi connectivity index (χ0n) is 12.8. The van der Waals surface area contributed by atoms with Gasteiger partial charge in [-0.1, -0.05) is 11.6 Å². The molecule has 2 fully saturated rings. The summed E-state index contributed by atoms with van der Waals surface area (Å²) in [5, 5.41) is 4.38. The van der Waals surface area contributed by atoms with Crippen LogP contribution in [0.25, 0.3) is 0 Å². The lowest BCUT2D eigenvalue weighted by atomic mass is 9.74. The highest BCUT2D eigenvalue weighted by atomic mass is 35.5. The van der Waals surface area contributed by atoms with E-state index in [2.05, 4.69) is 10.2 Å². The molecule has 2 saturated heterocycles. The summed E-state index contributed by atoms with van der Waals surface area (Å²) in [5.74, 6) is 0.945. The average molecular weight is 309 g/mol. The van der Waals surface area contributed by atoms with Crippen molar-refractivity contribution in [1.29, 1.82) is 0 Å². The first-order valence-electron chi connectivity index (χ1n) is 7.96. The van der Waals surface area contributed by atoms with Gasteiger partial charge in [-0.3, -0.25) is 4.90 Å². The van der Waals surface area contributed by atoms with Gasteiger partial charge in [0.1, 0.15) is 5.75 Å². The molecule has 1 N–H and O–H groups in total. The zero-order valence-corrected chi connectivity index (χ0v) is 13.6. The van der Waals surface area contributed by atoms with E-state index < -0.39 is 0 Å². The smallest absolute Gasteiger partial charge is 0.123 e. The average Bonchev–Trinajstić information content (AvgIpc) is 2.48. The van der Waals surface area contributed by atoms with E-state index in [1.165, 1.54) is 57.4 Å². The molecule has 3 nitrogen and oxygen atoms in total. The third-order valence-electron chi connectivity index (χ3n) is 4.94. The van der Waals surface area contributed by atoms with E-state index in [4.69, 9.17) is 16.3 Å². The van der Waals surface area contributed by atoms with Gasteiger partial charge in [0, 0.05) is 30.2 Å². The summed E-state index contributed by atoms with van der Waals surface area (Å²) in [5.41, 5.74) is 1.69. The van der Waals surface area contributed by atoms with E-state index in [1.54, 1.807) is 7.11 Å². The second-order valence-electron chi connectivity index (χ2n) is 6.55. The number of piperidine rings is 2. The summed E-state index contributed by atoms with van der Waals surface area (Å²) in [7, 11) is 1.73. The number of methoxy groups -OCH3 is 1. The Morgan fingerprint density at radius 1 is 1.33 bits per heavy atom. The van der Waals surface area contributed by atoms with Crippen LogP contribution in [0.5, 0.6) is 5.75 Å². The first kappa shape index (κ1) is 15.1. The fourth-order valence-corrected chi connectivity index (χ4v) is 4.13. The Labute approximate surface area is 132 Å². The van der Waals surface area contributed by atoms with Gasteiger partial charge in [0.25, 0.3) is 0 Å². The first-order valence-corrected chi connectivity index (χ1v) is 8.34. The SMILES string of the molecule is COc1ccc(Cl)cc1CN1CCCC2(CCCNC2)C1. The Hall–Kier alpha value is -0.770. The van der Waals surface area contributed by atoms with Crippen molar-refractivity contribution in [2.45, 2.75) is 32.2 Å². The number of benzene rings is 1. The number of halogens is 1. The largest absolute Gasteiger partial charge is 0.496 e. The lowest BCUT2D eigenvalue weighted by molar-refractivity contribution is 0.0596. The van der Waals surface area contributed by atoms with Crippen LogP contribution in [0.1, 0.15) is 31.2 Å². The van der Waals surface area contributed by atoms with E-state index in [-0.39, 0.29) is 0 Å². The predicted octanol–water partition coefficient (Wildman–Crippen LogP) is 3.31. The Morgan fingerprint density at radius 2 is 2.19 bits per heavy atom. The Bertz CT molecular complexity index is 480. The quantitative estimate of drug-likeness (QED) is 0.927. The summed E-state index contributed by atoms with van der Waals surface area (Å²) in [6.45, 7) is 5.67. The monoisotopic (exact) mass is 308 g/mol. The lowest BCUT2D eigenvalue weighted by Crippen LogP contribution is -2.50. The summed E-state index contributed by atoms with van der Waals surface area (Å²) in [6, 6.07) is 5.91. The maximum absolute atomic E-state index is 6.15. The van der Waals surface area contributed by atoms with Crippen molar-refractivity contribution in [3.63, 3.8) is 0 Å². The number of likely N-dealkylation sites (tertiary alicyclic amines) is 1. The summed E-state index contributed by atoms with van der Waals surface area (Å²) in [4.78, 5) is 2.57. The normalized spacial score (nSPS) is 27.0. The molecule has 1 spiro atoms. The molecule has 21 heavy (non-hydrogen) atoms. The molecule has 0 aliphatic carbocycles. The number of ether oxygens (including phenoxy) is 1. The highest BCUT2D eigenvalue weighted by Gasteiger charge is 2.36. The molecule has 0 radical (unpaired) electrons. The minimum atomic E-state index is 0.488. The van der Waals surface area contributed by atoms with Gasteiger partial charge in [0.2, 0.25) is 0 Å². The van der Waals surface area contributed by atoms with E-state index in [9.17, 15) is 0 Å². The van der Waals surface area contributed by atoms with Crippen LogP contribution < -0.4 is 10.1 Å². The van der Waals surface area contributed by atoms with Gasteiger partial charge in [0.15, 0.2) is 0 Å². The van der Waals surface area contributed by atoms with Crippen LogP contribution in [-0.2, 0) is 6.54 Å². The summed E-state index contributed by atoms with van der Waals surface area (Å²) < 4.78 is 5.48. The van der Waals surface area contributed by atoms with Gasteiger partial charge in [-0.25, -0.2) is 0 Å². The molecule has 1 aromatic carbocycles. The number of nitrogens with zero attached hydrogens (tertiary/aromatic N) is 1. The Kier molecular flexibility index (Phi) is 4.72. The number of hydrogen-bond acceptors (Lipinski definition) is 3. The lowest BCUT2D eigenvalue weighted by Gasteiger charge is -2.45. The van der Waals surface area contributed by atoms with Crippen molar-refractivity contribution < 1.29 is 4.74 Å². The molecular formula is C17H25ClN2O. The van der Waals surface area contributed by atoms with Crippen molar-refractivity contribution in [3.8, 4) is 5.75 Å². The molecule has 1 unspecified atom stereocenters. The molecule has 1 atom stereocenters. The van der Waals surface area contributed by atoms with Crippen LogP contribution in [-0.4, -0.2) is 38.2 Å². The van der Waals surface area contributed by atoms with Gasteiger partial charge in [-0.2, -0.15) is 0 Å². The fourth-order valence-electron chi connectivity index (χ4n) is 3.94. The third-order valence-corrected chi connectivity index (χ3v) is 5.17. The minimum absolute atomic E-state index is 0.488. The third kappa shape index (κ3) is 3.53. The first-order chi connectivity index (χ1) is 10.2. The molecule has 0 amide bonds. The molecule has 0 bridgehead atoms. The molecule has 0 aromatic heterocycles. The summed E-state index contributed by atoms with van der Waals surface area (Å²) in [6.07, 6.45) is 5.34. The van der Waals surface area contributed by atoms with E-state index >= 15 is 0 Å². The van der Waals surface area contributed by atoms with E-state index in [0.717, 1.165) is 17.3 Å². The van der Waals surface area contributed by atoms with Crippen molar-refractivity contribution >= 4 is 11.6 Å². The molecule has 1 aromatic rings. The van der Waals surface area contributed by atoms with Gasteiger partial charge >= 0.3 is 0 Å². The molecule has 2 aliphatic rings. The Morgan fingerprint density at radius 3 is 2.95 bits per heavy atom. The zero-order chi connectivity index (χ0) is 14.7. The van der Waals surface area contributed by atoms with Crippen LogP contribution in [0.15, 0.2) is 18.2 Å². The van der Waals surface area contributed by atoms with Crippen LogP contribution >= 0.6 is 11.6 Å². The molecule has 116 valence electrons. The minimum Gasteiger partial charge on any atom is -0.496 e. The van der Waals surface area contributed by atoms with Crippen molar-refractivity contribution in [2.24, 2.45) is 5.41 Å². The van der Waals surface area contributed by atoms with Crippen LogP contribution in [0.3, 0.4) is 0 Å². The van der Waals surface area contributed by atoms with Gasteiger partial charge < -0.3 is 10.1 Å². The van der Waals surface area contributed by atoms with Crippen LogP contribution in [0, 0.1) is 5.41 Å². The fraction of sp³-hybridized carbons (Fsp3) is 0.647. The number of hydrogen-bond donors (Lipinski definition) is 1. The summed E-state index contributed by atoms with van der Waals surface area (Å²) >= 11 is 6.15. The molecule has 3 rings (SSSR count). The maximum atomic E-state index is 6.15. The van der Waals surface area contributed by atoms with Gasteiger partial charge in [0.05, 0.1) is 7.11 Å². The van der Waals surface area contributed by atoms with Crippen LogP contribution in [0.2, 0.25) is 5.02 Å². The predicted molar refractivity (Wildman–Crippen MR) is 87.1 cm³/mol. The molecule has 2 aliphatic heterocycles. The number of rotatable bonds is 3. The van der Waals surface area contributed by atoms with E-state index in [0.29, 0.717) is 5.41 Å². The topological polar surface area (TPSA) is 24.5 Å². The molecular weight excluding hydrogens is 284 g/mol. The standard InChI is InChI=1S/C17H25ClN2O/c1-21-16-5-4-15(18)10-14(16)11-20-9-3-7-17(13-20)6-2-8-19-12-17/h4-5,10,19H,2-3,6-9,11-13H2,1H3. The van der Waals surface area contributed by atoms with E-state index in [1.807, 2.05) is 18.2 Å². The van der Waals surface area contributed by atoms with Crippen molar-refractivity contribution in [1.82, 2.24) is 10.2 Å². The number of nitrogens with one attached hydrogen (secondary N) is 1. The van der Waals surface area contributed by atoms with Crippen molar-refractivity contribution in [3.05, 3.63) is 28.8 Å². The molecule has 2 heterocycles. The van der Waals surface area contributed by atoms with Crippen molar-refractivity contribution in [2.75, 3.05) is 33.3 Å².